The first-order valence-corrected chi connectivity index (χ1v) is 4.86. The maximum atomic E-state index is 10.7. The lowest BCUT2D eigenvalue weighted by Gasteiger charge is -2.00. The summed E-state index contributed by atoms with van der Waals surface area (Å²) in [5.41, 5.74) is 0. The van der Waals surface area contributed by atoms with Gasteiger partial charge >= 0.3 is 11.9 Å². The molecule has 0 spiro atoms. The zero-order valence-electron chi connectivity index (χ0n) is 9.51. The fraction of sp³-hybridized carbons (Fsp3) is 0.333. The molecule has 6 radical (unpaired) electrons. The van der Waals surface area contributed by atoms with Crippen LogP contribution in [0.2, 0.25) is 0 Å². The lowest BCUT2D eigenvalue weighted by molar-refractivity contribution is -0.137. The maximum absolute atomic E-state index is 10.7. The van der Waals surface area contributed by atoms with Gasteiger partial charge in [-0.2, -0.15) is 0 Å². The predicted octanol–water partition coefficient (Wildman–Crippen LogP) is 1.34. The van der Waals surface area contributed by atoms with Gasteiger partial charge in [-0.05, 0) is 38.5 Å². The monoisotopic (exact) mass is 224 g/mol. The van der Waals surface area contributed by atoms with Crippen LogP contribution in [0.1, 0.15) is 12.8 Å². The summed E-state index contributed by atoms with van der Waals surface area (Å²) in [6.07, 6.45) is 11.3. The molecular formula is C12H16O4. The van der Waals surface area contributed by atoms with Gasteiger partial charge in [-0.3, -0.25) is 9.59 Å². The summed E-state index contributed by atoms with van der Waals surface area (Å²) in [6.45, 7) is 0. The Morgan fingerprint density at radius 2 is 1.25 bits per heavy atom. The number of methoxy groups -OCH3 is 2. The van der Waals surface area contributed by atoms with Crippen LogP contribution in [0.25, 0.3) is 0 Å². The second-order valence-corrected chi connectivity index (χ2v) is 2.81. The Morgan fingerprint density at radius 1 is 0.875 bits per heavy atom. The molecular weight excluding hydrogens is 208 g/mol. The topological polar surface area (TPSA) is 52.6 Å². The molecule has 0 aromatic rings. The second kappa shape index (κ2) is 10.5. The summed E-state index contributed by atoms with van der Waals surface area (Å²) in [5.74, 6) is -0.739. The molecule has 0 saturated carbocycles. The molecule has 0 aromatic carbocycles. The highest BCUT2D eigenvalue weighted by atomic mass is 16.5. The van der Waals surface area contributed by atoms with Gasteiger partial charge in [0.15, 0.2) is 0 Å². The minimum atomic E-state index is -0.370. The number of rotatable bonds is 9. The summed E-state index contributed by atoms with van der Waals surface area (Å²) < 4.78 is 8.84. The van der Waals surface area contributed by atoms with Crippen LogP contribution < -0.4 is 0 Å². The summed E-state index contributed by atoms with van der Waals surface area (Å²) >= 11 is 0. The van der Waals surface area contributed by atoms with Crippen molar-refractivity contribution in [3.63, 3.8) is 0 Å². The molecule has 0 N–H and O–H groups in total. The van der Waals surface area contributed by atoms with E-state index in [1.54, 1.807) is 12.8 Å². The van der Waals surface area contributed by atoms with Crippen molar-refractivity contribution >= 4 is 11.9 Å². The summed E-state index contributed by atoms with van der Waals surface area (Å²) in [6, 6.07) is 0. The molecule has 16 heavy (non-hydrogen) atoms. The number of carbonyl (C=O) groups is 2. The van der Waals surface area contributed by atoms with Crippen molar-refractivity contribution in [2.24, 2.45) is 0 Å². The fourth-order valence-corrected chi connectivity index (χ4v) is 0.814. The molecule has 0 amide bonds. The van der Waals surface area contributed by atoms with Crippen LogP contribution in [0.3, 0.4) is 0 Å². The van der Waals surface area contributed by atoms with Crippen LogP contribution in [0.15, 0.2) is 0 Å². The molecule has 0 fully saturated rings. The van der Waals surface area contributed by atoms with Gasteiger partial charge in [0.05, 0.1) is 27.1 Å². The molecule has 0 aliphatic carbocycles. The first kappa shape index (κ1) is 14.9. The van der Waals surface area contributed by atoms with E-state index in [-0.39, 0.29) is 11.9 Å². The number of hydrogen-bond acceptors (Lipinski definition) is 4. The summed E-state index contributed by atoms with van der Waals surface area (Å²) in [4.78, 5) is 21.3. The third-order valence-corrected chi connectivity index (χ3v) is 1.64. The van der Waals surface area contributed by atoms with Crippen molar-refractivity contribution in [2.75, 3.05) is 14.2 Å². The van der Waals surface area contributed by atoms with Gasteiger partial charge in [-0.1, -0.05) is 0 Å². The van der Waals surface area contributed by atoms with Gasteiger partial charge in [-0.25, -0.2) is 0 Å². The zero-order valence-corrected chi connectivity index (χ0v) is 9.51. The molecule has 0 aliphatic rings. The summed E-state index contributed by atoms with van der Waals surface area (Å²) in [7, 11) is 2.66. The quantitative estimate of drug-likeness (QED) is 0.438. The van der Waals surface area contributed by atoms with Crippen molar-refractivity contribution in [1.82, 2.24) is 0 Å². The van der Waals surface area contributed by atoms with Gasteiger partial charge in [-0.15, -0.1) is 0 Å². The number of esters is 2. The van der Waals surface area contributed by atoms with Gasteiger partial charge in [0.25, 0.3) is 0 Å². The molecule has 0 aliphatic heterocycles. The predicted molar refractivity (Wildman–Crippen MR) is 59.1 cm³/mol. The third-order valence-electron chi connectivity index (χ3n) is 1.64. The van der Waals surface area contributed by atoms with Crippen molar-refractivity contribution in [1.29, 1.82) is 0 Å². The summed E-state index contributed by atoms with van der Waals surface area (Å²) in [5, 5.41) is 0. The van der Waals surface area contributed by atoms with Crippen molar-refractivity contribution in [3.05, 3.63) is 38.5 Å². The van der Waals surface area contributed by atoms with Gasteiger partial charge in [0.1, 0.15) is 0 Å². The van der Waals surface area contributed by atoms with Crippen molar-refractivity contribution in [3.8, 4) is 0 Å². The molecule has 0 bridgehead atoms. The Labute approximate surface area is 97.3 Å². The Hall–Kier alpha value is -1.06. The fourth-order valence-electron chi connectivity index (χ4n) is 0.814. The highest BCUT2D eigenvalue weighted by molar-refractivity contribution is 5.81. The minimum Gasteiger partial charge on any atom is -0.469 e. The average molecular weight is 224 g/mol. The second-order valence-electron chi connectivity index (χ2n) is 2.81. The van der Waals surface area contributed by atoms with E-state index in [1.165, 1.54) is 27.1 Å². The van der Waals surface area contributed by atoms with E-state index in [0.29, 0.717) is 0 Å². The van der Waals surface area contributed by atoms with Gasteiger partial charge in [0, 0.05) is 0 Å². The van der Waals surface area contributed by atoms with Crippen LogP contribution in [0, 0.1) is 38.5 Å². The third kappa shape index (κ3) is 9.49. The highest BCUT2D eigenvalue weighted by Gasteiger charge is 2.02. The molecule has 4 heteroatoms. The first-order valence-electron chi connectivity index (χ1n) is 4.86. The Morgan fingerprint density at radius 3 is 1.56 bits per heavy atom. The van der Waals surface area contributed by atoms with Crippen LogP contribution in [0.5, 0.6) is 0 Å². The molecule has 0 atom stereocenters. The number of hydrogen-bond donors (Lipinski definition) is 0. The van der Waals surface area contributed by atoms with Crippen molar-refractivity contribution < 1.29 is 19.1 Å². The Bertz CT molecular complexity index is 179. The van der Waals surface area contributed by atoms with E-state index < -0.39 is 0 Å². The molecule has 88 valence electrons. The van der Waals surface area contributed by atoms with Crippen molar-refractivity contribution in [2.45, 2.75) is 12.8 Å². The molecule has 0 heterocycles. The van der Waals surface area contributed by atoms with Gasteiger partial charge in [0.2, 0.25) is 0 Å². The molecule has 0 saturated heterocycles. The first-order chi connectivity index (χ1) is 7.70. The minimum absolute atomic E-state index is 0.370. The van der Waals surface area contributed by atoms with E-state index in [0.717, 1.165) is 12.8 Å². The molecule has 4 nitrogen and oxygen atoms in total. The SMILES string of the molecule is COC(=O)[CH][CH][CH]CC[CH][CH][CH]C(=O)OC. The van der Waals surface area contributed by atoms with Crippen LogP contribution in [-0.2, 0) is 19.1 Å². The Balaban J connectivity index is 3.10. The largest absolute Gasteiger partial charge is 0.469 e. The molecule has 0 rings (SSSR count). The highest BCUT2D eigenvalue weighted by Crippen LogP contribution is 2.05. The molecule has 0 unspecified atom stereocenters. The molecule has 0 aromatic heterocycles. The number of ether oxygens (including phenoxy) is 2. The van der Waals surface area contributed by atoms with Crippen LogP contribution in [-0.4, -0.2) is 26.2 Å². The van der Waals surface area contributed by atoms with E-state index in [2.05, 4.69) is 9.47 Å². The number of unbranched alkanes of at least 4 members (excludes halogenated alkanes) is 5. The van der Waals surface area contributed by atoms with E-state index in [9.17, 15) is 9.59 Å². The van der Waals surface area contributed by atoms with E-state index in [4.69, 9.17) is 0 Å². The standard InChI is InChI=1S/C12H16O4/c1-15-11(13)9-7-5-3-4-6-8-10-12(14)16-2/h5-10H,3-4H2,1-2H3. The Kier molecular flexibility index (Phi) is 9.76. The smallest absolute Gasteiger partial charge is 0.309 e. The average Bonchev–Trinajstić information content (AvgIpc) is 2.31. The lowest BCUT2D eigenvalue weighted by atomic mass is 10.1. The van der Waals surface area contributed by atoms with E-state index in [1.807, 2.05) is 12.8 Å². The number of carbonyl (C=O) groups excluding carboxylic acids is 2. The maximum Gasteiger partial charge on any atom is 0.309 e. The normalized spacial score (nSPS) is 9.88. The zero-order chi connectivity index (χ0) is 12.2. The van der Waals surface area contributed by atoms with E-state index >= 15 is 0 Å². The lowest BCUT2D eigenvalue weighted by Crippen LogP contribution is -2.02. The van der Waals surface area contributed by atoms with Gasteiger partial charge < -0.3 is 9.47 Å². The van der Waals surface area contributed by atoms with Crippen LogP contribution in [0.4, 0.5) is 0 Å². The van der Waals surface area contributed by atoms with Crippen LogP contribution >= 0.6 is 0 Å².